The first-order chi connectivity index (χ1) is 8.14. The highest BCUT2D eigenvalue weighted by molar-refractivity contribution is 5.69. The molecule has 4 nitrogen and oxygen atoms in total. The van der Waals surface area contributed by atoms with Crippen LogP contribution in [0.25, 0.3) is 0 Å². The van der Waals surface area contributed by atoms with Crippen molar-refractivity contribution in [1.29, 1.82) is 0 Å². The predicted molar refractivity (Wildman–Crippen MR) is 67.0 cm³/mol. The molecule has 1 aliphatic heterocycles. The Morgan fingerprint density at radius 1 is 1.29 bits per heavy atom. The summed E-state index contributed by atoms with van der Waals surface area (Å²) in [6.07, 6.45) is 5.84. The number of hydrogen-bond acceptors (Lipinski definition) is 3. The summed E-state index contributed by atoms with van der Waals surface area (Å²) in [5.74, 6) is 0. The summed E-state index contributed by atoms with van der Waals surface area (Å²) >= 11 is 0. The zero-order valence-electron chi connectivity index (χ0n) is 11.0. The lowest BCUT2D eigenvalue weighted by Crippen LogP contribution is -2.63. The van der Waals surface area contributed by atoms with E-state index in [0.29, 0.717) is 0 Å². The monoisotopic (exact) mass is 240 g/mol. The minimum Gasteiger partial charge on any atom is -0.447 e. The summed E-state index contributed by atoms with van der Waals surface area (Å²) < 4.78 is 5.38. The van der Waals surface area contributed by atoms with Crippen molar-refractivity contribution >= 4 is 6.09 Å². The van der Waals surface area contributed by atoms with Crippen molar-refractivity contribution in [3.63, 3.8) is 0 Å². The molecule has 0 aromatic carbocycles. The second kappa shape index (κ2) is 5.25. The number of rotatable bonds is 1. The van der Waals surface area contributed by atoms with Gasteiger partial charge in [0, 0.05) is 19.6 Å². The quantitative estimate of drug-likeness (QED) is 0.763. The Bertz CT molecular complexity index is 264. The van der Waals surface area contributed by atoms with E-state index in [0.717, 1.165) is 32.5 Å². The number of nitrogens with one attached hydrogen (secondary N) is 1. The van der Waals surface area contributed by atoms with Gasteiger partial charge >= 0.3 is 6.09 Å². The molecule has 1 amide bonds. The maximum Gasteiger partial charge on any atom is 0.410 e. The van der Waals surface area contributed by atoms with Gasteiger partial charge in [-0.2, -0.15) is 0 Å². The van der Waals surface area contributed by atoms with Crippen LogP contribution in [0, 0.1) is 0 Å². The summed E-state index contributed by atoms with van der Waals surface area (Å²) in [7, 11) is 0. The van der Waals surface area contributed by atoms with Gasteiger partial charge in [0.15, 0.2) is 0 Å². The number of hydrogen-bond donors (Lipinski definition) is 1. The fraction of sp³-hybridized carbons (Fsp3) is 0.923. The van der Waals surface area contributed by atoms with Crippen molar-refractivity contribution < 1.29 is 9.53 Å². The molecule has 0 unspecified atom stereocenters. The molecule has 0 bridgehead atoms. The lowest BCUT2D eigenvalue weighted by Gasteiger charge is -2.49. The lowest BCUT2D eigenvalue weighted by atomic mass is 9.79. The topological polar surface area (TPSA) is 41.6 Å². The Hall–Kier alpha value is -0.770. The van der Waals surface area contributed by atoms with Gasteiger partial charge < -0.3 is 10.1 Å². The van der Waals surface area contributed by atoms with E-state index in [1.54, 1.807) is 0 Å². The number of carbonyl (C=O) groups is 1. The van der Waals surface area contributed by atoms with E-state index in [4.69, 9.17) is 4.74 Å². The second-order valence-corrected chi connectivity index (χ2v) is 5.55. The fourth-order valence-electron chi connectivity index (χ4n) is 3.05. The molecule has 1 aliphatic carbocycles. The van der Waals surface area contributed by atoms with Crippen LogP contribution < -0.4 is 5.32 Å². The molecule has 0 radical (unpaired) electrons. The highest BCUT2D eigenvalue weighted by atomic mass is 16.6. The van der Waals surface area contributed by atoms with Crippen LogP contribution in [0.4, 0.5) is 4.79 Å². The average molecular weight is 240 g/mol. The van der Waals surface area contributed by atoms with Crippen LogP contribution in [0.2, 0.25) is 0 Å². The number of piperazine rings is 1. The summed E-state index contributed by atoms with van der Waals surface area (Å²) in [5, 5.41) is 3.43. The van der Waals surface area contributed by atoms with Gasteiger partial charge in [-0.15, -0.1) is 0 Å². The SMILES string of the molecule is CC(C)OC(=O)N1CCNCC12CCCCC2. The van der Waals surface area contributed by atoms with Gasteiger partial charge in [-0.1, -0.05) is 19.3 Å². The largest absolute Gasteiger partial charge is 0.447 e. The normalized spacial score (nSPS) is 24.1. The van der Waals surface area contributed by atoms with E-state index in [2.05, 4.69) is 5.32 Å². The molecule has 2 fully saturated rings. The van der Waals surface area contributed by atoms with Crippen LogP contribution in [0.3, 0.4) is 0 Å². The van der Waals surface area contributed by atoms with Crippen LogP contribution in [-0.2, 0) is 4.74 Å². The molecule has 4 heteroatoms. The van der Waals surface area contributed by atoms with E-state index < -0.39 is 0 Å². The van der Waals surface area contributed by atoms with Gasteiger partial charge in [0.25, 0.3) is 0 Å². The van der Waals surface area contributed by atoms with Gasteiger partial charge in [-0.3, -0.25) is 4.90 Å². The third-order valence-corrected chi connectivity index (χ3v) is 3.88. The van der Waals surface area contributed by atoms with Gasteiger partial charge in [-0.25, -0.2) is 4.79 Å². The zero-order valence-corrected chi connectivity index (χ0v) is 11.0. The standard InChI is InChI=1S/C13H24N2O2/c1-11(2)17-12(16)15-9-8-14-10-13(15)6-4-3-5-7-13/h11,14H,3-10H2,1-2H3. The van der Waals surface area contributed by atoms with Gasteiger partial charge in [0.2, 0.25) is 0 Å². The highest BCUT2D eigenvalue weighted by Gasteiger charge is 2.43. The van der Waals surface area contributed by atoms with E-state index >= 15 is 0 Å². The molecular weight excluding hydrogens is 216 g/mol. The zero-order chi connectivity index (χ0) is 12.3. The van der Waals surface area contributed by atoms with Crippen LogP contribution in [0.15, 0.2) is 0 Å². The van der Waals surface area contributed by atoms with Crippen LogP contribution >= 0.6 is 0 Å². The molecule has 0 atom stereocenters. The average Bonchev–Trinajstić information content (AvgIpc) is 2.29. The molecule has 1 N–H and O–H groups in total. The van der Waals surface area contributed by atoms with Gasteiger partial charge in [-0.05, 0) is 26.7 Å². The van der Waals surface area contributed by atoms with Crippen molar-refractivity contribution in [1.82, 2.24) is 10.2 Å². The van der Waals surface area contributed by atoms with E-state index in [1.807, 2.05) is 18.7 Å². The Balaban J connectivity index is 2.08. The molecule has 2 aliphatic rings. The maximum absolute atomic E-state index is 12.2. The summed E-state index contributed by atoms with van der Waals surface area (Å²) in [6, 6.07) is 0. The minimum atomic E-state index is -0.122. The molecule has 1 heterocycles. The smallest absolute Gasteiger partial charge is 0.410 e. The molecule has 0 aromatic rings. The Labute approximate surface area is 104 Å². The van der Waals surface area contributed by atoms with Crippen molar-refractivity contribution in [3.05, 3.63) is 0 Å². The Morgan fingerprint density at radius 3 is 2.65 bits per heavy atom. The first-order valence-electron chi connectivity index (χ1n) is 6.83. The van der Waals surface area contributed by atoms with E-state index in [9.17, 15) is 4.79 Å². The van der Waals surface area contributed by atoms with Gasteiger partial charge in [0.1, 0.15) is 0 Å². The fourth-order valence-corrected chi connectivity index (χ4v) is 3.05. The third-order valence-electron chi connectivity index (χ3n) is 3.88. The summed E-state index contributed by atoms with van der Waals surface area (Å²) in [4.78, 5) is 14.1. The van der Waals surface area contributed by atoms with Crippen molar-refractivity contribution in [2.45, 2.75) is 57.6 Å². The summed E-state index contributed by atoms with van der Waals surface area (Å²) in [5.41, 5.74) is 0.0302. The first-order valence-corrected chi connectivity index (χ1v) is 6.83. The van der Waals surface area contributed by atoms with Crippen LogP contribution in [-0.4, -0.2) is 42.3 Å². The Morgan fingerprint density at radius 2 is 2.00 bits per heavy atom. The highest BCUT2D eigenvalue weighted by Crippen LogP contribution is 2.35. The molecule has 1 saturated carbocycles. The lowest BCUT2D eigenvalue weighted by molar-refractivity contribution is 0.00445. The van der Waals surface area contributed by atoms with Crippen molar-refractivity contribution in [2.24, 2.45) is 0 Å². The van der Waals surface area contributed by atoms with Crippen molar-refractivity contribution in [2.75, 3.05) is 19.6 Å². The third kappa shape index (κ3) is 2.73. The molecule has 1 saturated heterocycles. The number of carbonyl (C=O) groups excluding carboxylic acids is 1. The van der Waals surface area contributed by atoms with E-state index in [-0.39, 0.29) is 17.7 Å². The van der Waals surface area contributed by atoms with Crippen LogP contribution in [0.5, 0.6) is 0 Å². The molecule has 98 valence electrons. The number of amides is 1. The van der Waals surface area contributed by atoms with Gasteiger partial charge in [0.05, 0.1) is 11.6 Å². The number of nitrogens with zero attached hydrogens (tertiary/aromatic N) is 1. The van der Waals surface area contributed by atoms with Crippen molar-refractivity contribution in [3.8, 4) is 0 Å². The molecule has 17 heavy (non-hydrogen) atoms. The first kappa shape index (κ1) is 12.7. The number of ether oxygens (including phenoxy) is 1. The predicted octanol–water partition coefficient (Wildman–Crippen LogP) is 2.14. The maximum atomic E-state index is 12.2. The molecule has 2 rings (SSSR count). The summed E-state index contributed by atoms with van der Waals surface area (Å²) in [6.45, 7) is 6.42. The Kier molecular flexibility index (Phi) is 3.92. The van der Waals surface area contributed by atoms with E-state index in [1.165, 1.54) is 19.3 Å². The minimum absolute atomic E-state index is 0.0296. The molecular formula is C13H24N2O2. The second-order valence-electron chi connectivity index (χ2n) is 5.55. The van der Waals surface area contributed by atoms with Crippen LogP contribution in [0.1, 0.15) is 46.0 Å². The molecule has 1 spiro atoms. The molecule has 0 aromatic heterocycles.